The lowest BCUT2D eigenvalue weighted by molar-refractivity contribution is -0.121. The Hall–Kier alpha value is -2.89. The van der Waals surface area contributed by atoms with Crippen LogP contribution in [0.25, 0.3) is 22.5 Å². The van der Waals surface area contributed by atoms with Crippen LogP contribution in [0.15, 0.2) is 47.1 Å². The predicted octanol–water partition coefficient (Wildman–Crippen LogP) is 4.66. The summed E-state index contributed by atoms with van der Waals surface area (Å²) in [6.45, 7) is 9.83. The lowest BCUT2D eigenvalue weighted by Crippen LogP contribution is -2.36. The summed E-state index contributed by atoms with van der Waals surface area (Å²) in [5.41, 5.74) is 0.863. The van der Waals surface area contributed by atoms with Crippen LogP contribution in [0.3, 0.4) is 0 Å². The molecule has 0 aliphatic carbocycles. The number of nitrogens with one attached hydrogen (secondary N) is 1. The molecule has 0 saturated heterocycles. The molecule has 0 spiro atoms. The quantitative estimate of drug-likeness (QED) is 0.572. The molecule has 6 heteroatoms. The molecule has 0 aliphatic heterocycles. The zero-order chi connectivity index (χ0) is 20.8. The Labute approximate surface area is 172 Å². The number of hydrogen-bond acceptors (Lipinski definition) is 5. The number of furan rings is 1. The van der Waals surface area contributed by atoms with E-state index in [1.54, 1.807) is 6.26 Å². The molecule has 0 saturated carbocycles. The minimum Gasteiger partial charge on any atom is -0.461 e. The average molecular weight is 395 g/mol. The van der Waals surface area contributed by atoms with Gasteiger partial charge < -0.3 is 14.6 Å². The van der Waals surface area contributed by atoms with Crippen LogP contribution in [-0.2, 0) is 4.79 Å². The van der Waals surface area contributed by atoms with Gasteiger partial charge in [-0.15, -0.1) is 0 Å². The summed E-state index contributed by atoms with van der Waals surface area (Å²) < 4.78 is 5.53. The second-order valence-corrected chi connectivity index (χ2v) is 7.83. The minimum atomic E-state index is 0.0673. The number of rotatable bonds is 9. The Bertz CT molecular complexity index is 937. The van der Waals surface area contributed by atoms with Crippen molar-refractivity contribution in [2.24, 2.45) is 5.92 Å². The van der Waals surface area contributed by atoms with Gasteiger partial charge in [-0.25, -0.2) is 9.97 Å². The van der Waals surface area contributed by atoms with E-state index in [-0.39, 0.29) is 11.9 Å². The molecule has 0 unspecified atom stereocenters. The van der Waals surface area contributed by atoms with E-state index < -0.39 is 0 Å². The summed E-state index contributed by atoms with van der Waals surface area (Å²) in [7, 11) is 0. The van der Waals surface area contributed by atoms with E-state index in [2.05, 4.69) is 36.0 Å². The van der Waals surface area contributed by atoms with Gasteiger partial charge in [0.1, 0.15) is 5.82 Å². The van der Waals surface area contributed by atoms with Crippen molar-refractivity contribution in [2.45, 2.75) is 46.6 Å². The first-order valence-corrected chi connectivity index (χ1v) is 10.3. The Balaban J connectivity index is 1.95. The summed E-state index contributed by atoms with van der Waals surface area (Å²) in [5, 5.41) is 4.02. The Morgan fingerprint density at radius 3 is 2.62 bits per heavy atom. The van der Waals surface area contributed by atoms with E-state index in [4.69, 9.17) is 9.40 Å². The van der Waals surface area contributed by atoms with Crippen LogP contribution in [0.2, 0.25) is 0 Å². The molecular weight excluding hydrogens is 364 g/mol. The average Bonchev–Trinajstić information content (AvgIpc) is 3.25. The minimum absolute atomic E-state index is 0.0673. The second-order valence-electron chi connectivity index (χ2n) is 7.83. The Kier molecular flexibility index (Phi) is 6.86. The number of aromatic nitrogens is 2. The molecule has 3 rings (SSSR count). The molecule has 0 aliphatic rings. The van der Waals surface area contributed by atoms with Crippen molar-refractivity contribution in [3.63, 3.8) is 0 Å². The zero-order valence-electron chi connectivity index (χ0n) is 17.7. The summed E-state index contributed by atoms with van der Waals surface area (Å²) >= 11 is 0. The lowest BCUT2D eigenvalue weighted by Gasteiger charge is -2.27. The smallest absolute Gasteiger partial charge is 0.221 e. The third-order valence-electron chi connectivity index (χ3n) is 4.84. The van der Waals surface area contributed by atoms with Crippen LogP contribution in [0.1, 0.15) is 40.5 Å². The second kappa shape index (κ2) is 9.54. The van der Waals surface area contributed by atoms with Crippen LogP contribution in [-0.4, -0.2) is 35.0 Å². The number of benzene rings is 1. The summed E-state index contributed by atoms with van der Waals surface area (Å²) in [6, 6.07) is 11.9. The van der Waals surface area contributed by atoms with Crippen LogP contribution in [0.4, 0.5) is 5.82 Å². The van der Waals surface area contributed by atoms with Crippen LogP contribution >= 0.6 is 0 Å². The molecule has 29 heavy (non-hydrogen) atoms. The van der Waals surface area contributed by atoms with E-state index in [0.717, 1.165) is 29.7 Å². The molecule has 0 fully saturated rings. The fourth-order valence-corrected chi connectivity index (χ4v) is 3.23. The van der Waals surface area contributed by atoms with Crippen LogP contribution in [0.5, 0.6) is 0 Å². The number of para-hydroxylation sites is 1. The summed E-state index contributed by atoms with van der Waals surface area (Å²) in [4.78, 5) is 24.1. The van der Waals surface area contributed by atoms with Crippen molar-refractivity contribution in [3.05, 3.63) is 42.7 Å². The normalized spacial score (nSPS) is 12.3. The first-order valence-electron chi connectivity index (χ1n) is 10.3. The number of carbonyl (C=O) groups is 1. The first kappa shape index (κ1) is 20.8. The van der Waals surface area contributed by atoms with E-state index in [1.807, 2.05) is 43.3 Å². The SMILES string of the molecule is CC[C@H](C)NC(=O)CCN(CC(C)C)c1nc(-c2ccco2)nc2ccccc12. The molecule has 1 amide bonds. The highest BCUT2D eigenvalue weighted by molar-refractivity contribution is 5.91. The maximum absolute atomic E-state index is 12.4. The highest BCUT2D eigenvalue weighted by Gasteiger charge is 2.18. The molecule has 3 aromatic rings. The van der Waals surface area contributed by atoms with Gasteiger partial charge in [0, 0.05) is 30.9 Å². The topological polar surface area (TPSA) is 71.3 Å². The van der Waals surface area contributed by atoms with Gasteiger partial charge in [0.25, 0.3) is 0 Å². The third kappa shape index (κ3) is 5.34. The largest absolute Gasteiger partial charge is 0.461 e. The Morgan fingerprint density at radius 2 is 1.93 bits per heavy atom. The maximum atomic E-state index is 12.4. The number of amides is 1. The number of carbonyl (C=O) groups excluding carboxylic acids is 1. The van der Waals surface area contributed by atoms with E-state index in [0.29, 0.717) is 30.5 Å². The van der Waals surface area contributed by atoms with Crippen molar-refractivity contribution in [1.29, 1.82) is 0 Å². The molecule has 1 N–H and O–H groups in total. The van der Waals surface area contributed by atoms with Crippen molar-refractivity contribution in [1.82, 2.24) is 15.3 Å². The molecule has 6 nitrogen and oxygen atoms in total. The number of hydrogen-bond donors (Lipinski definition) is 1. The standard InChI is InChI=1S/C23H30N4O2/c1-5-17(4)24-21(28)12-13-27(15-16(2)3)23-18-9-6-7-10-19(18)25-22(26-23)20-11-8-14-29-20/h6-11,14,16-17H,5,12-13,15H2,1-4H3,(H,24,28)/t17-/m0/s1. The van der Waals surface area contributed by atoms with Gasteiger partial charge in [0.05, 0.1) is 11.8 Å². The fourth-order valence-electron chi connectivity index (χ4n) is 3.23. The molecule has 0 bridgehead atoms. The van der Waals surface area contributed by atoms with E-state index in [9.17, 15) is 4.79 Å². The number of nitrogens with zero attached hydrogens (tertiary/aromatic N) is 3. The van der Waals surface area contributed by atoms with E-state index >= 15 is 0 Å². The number of fused-ring (bicyclic) bond motifs is 1. The van der Waals surface area contributed by atoms with Gasteiger partial charge in [-0.1, -0.05) is 32.9 Å². The molecular formula is C23H30N4O2. The van der Waals surface area contributed by atoms with Crippen LogP contribution in [0, 0.1) is 5.92 Å². The molecule has 2 aromatic heterocycles. The summed E-state index contributed by atoms with van der Waals surface area (Å²) in [6.07, 6.45) is 2.97. The number of anilines is 1. The monoisotopic (exact) mass is 394 g/mol. The molecule has 1 atom stereocenters. The molecule has 2 heterocycles. The van der Waals surface area contributed by atoms with Gasteiger partial charge in [0.2, 0.25) is 5.91 Å². The highest BCUT2D eigenvalue weighted by Crippen LogP contribution is 2.28. The first-order chi connectivity index (χ1) is 14.0. The van der Waals surface area contributed by atoms with Gasteiger partial charge >= 0.3 is 0 Å². The lowest BCUT2D eigenvalue weighted by atomic mass is 10.1. The van der Waals surface area contributed by atoms with Gasteiger partial charge in [-0.05, 0) is 43.5 Å². The molecule has 0 radical (unpaired) electrons. The van der Waals surface area contributed by atoms with Crippen molar-refractivity contribution >= 4 is 22.6 Å². The van der Waals surface area contributed by atoms with E-state index in [1.165, 1.54) is 0 Å². The highest BCUT2D eigenvalue weighted by atomic mass is 16.3. The van der Waals surface area contributed by atoms with Crippen LogP contribution < -0.4 is 10.2 Å². The molecule has 1 aromatic carbocycles. The summed E-state index contributed by atoms with van der Waals surface area (Å²) in [5.74, 6) is 2.52. The van der Waals surface area contributed by atoms with Crippen molar-refractivity contribution < 1.29 is 9.21 Å². The predicted molar refractivity (Wildman–Crippen MR) is 117 cm³/mol. The van der Waals surface area contributed by atoms with Gasteiger partial charge in [0.15, 0.2) is 11.6 Å². The van der Waals surface area contributed by atoms with Crippen molar-refractivity contribution in [3.8, 4) is 11.6 Å². The van der Waals surface area contributed by atoms with Gasteiger partial charge in [-0.3, -0.25) is 4.79 Å². The van der Waals surface area contributed by atoms with Crippen molar-refractivity contribution in [2.75, 3.05) is 18.0 Å². The molecule has 154 valence electrons. The maximum Gasteiger partial charge on any atom is 0.221 e. The zero-order valence-corrected chi connectivity index (χ0v) is 17.7. The fraction of sp³-hybridized carbons (Fsp3) is 0.435. The third-order valence-corrected chi connectivity index (χ3v) is 4.84. The Morgan fingerprint density at radius 1 is 1.14 bits per heavy atom. The van der Waals surface area contributed by atoms with Gasteiger partial charge in [-0.2, -0.15) is 0 Å².